The van der Waals surface area contributed by atoms with Crippen LogP contribution in [-0.4, -0.2) is 44.9 Å². The van der Waals surface area contributed by atoms with Crippen LogP contribution in [0.25, 0.3) is 0 Å². The summed E-state index contributed by atoms with van der Waals surface area (Å²) in [5.74, 6) is -1.11. The van der Waals surface area contributed by atoms with Crippen molar-refractivity contribution in [2.75, 3.05) is 31.6 Å². The van der Waals surface area contributed by atoms with E-state index in [0.29, 0.717) is 6.42 Å². The van der Waals surface area contributed by atoms with E-state index in [1.807, 2.05) is 30.3 Å². The number of carbonyl (C=O) groups excluding carboxylic acids is 1. The number of aryl methyl sites for hydroxylation is 1. The molecule has 0 spiro atoms. The molecular formula is C19H21FN2O4S. The zero-order valence-electron chi connectivity index (χ0n) is 14.7. The summed E-state index contributed by atoms with van der Waals surface area (Å²) in [5.41, 5.74) is 1.28. The molecule has 8 heteroatoms. The van der Waals surface area contributed by atoms with Gasteiger partial charge in [0, 0.05) is 25.2 Å². The van der Waals surface area contributed by atoms with Crippen LogP contribution in [0.3, 0.4) is 0 Å². The maximum atomic E-state index is 14.2. The Balaban J connectivity index is 1.70. The van der Waals surface area contributed by atoms with E-state index in [-0.39, 0.29) is 44.3 Å². The third-order valence-corrected chi connectivity index (χ3v) is 6.20. The number of nitrogens with zero attached hydrogens (tertiary/aromatic N) is 1. The Morgan fingerprint density at radius 1 is 1.11 bits per heavy atom. The Morgan fingerprint density at radius 3 is 2.52 bits per heavy atom. The number of anilines is 1. The summed E-state index contributed by atoms with van der Waals surface area (Å²) in [7, 11) is -3.98. The Morgan fingerprint density at radius 2 is 1.81 bits per heavy atom. The van der Waals surface area contributed by atoms with Gasteiger partial charge in [-0.15, -0.1) is 0 Å². The standard InChI is InChI=1S/C19H21FN2O4S/c20-17-8-7-16(21-19(23)9-6-15-4-2-1-3-5-15)14-18(17)27(24,25)22-10-12-26-13-11-22/h1-5,7-8,14H,6,9-13H2,(H,21,23). The van der Waals surface area contributed by atoms with Crippen molar-refractivity contribution in [1.82, 2.24) is 4.31 Å². The predicted molar refractivity (Wildman–Crippen MR) is 99.4 cm³/mol. The van der Waals surface area contributed by atoms with E-state index in [2.05, 4.69) is 5.32 Å². The minimum Gasteiger partial charge on any atom is -0.379 e. The Hall–Kier alpha value is -2.29. The second-order valence-electron chi connectivity index (χ2n) is 6.20. The van der Waals surface area contributed by atoms with Gasteiger partial charge in [-0.1, -0.05) is 30.3 Å². The molecule has 1 saturated heterocycles. The highest BCUT2D eigenvalue weighted by Crippen LogP contribution is 2.24. The zero-order chi connectivity index (χ0) is 19.3. The molecule has 6 nitrogen and oxygen atoms in total. The quantitative estimate of drug-likeness (QED) is 0.819. The lowest BCUT2D eigenvalue weighted by atomic mass is 10.1. The van der Waals surface area contributed by atoms with Gasteiger partial charge in [-0.25, -0.2) is 12.8 Å². The number of halogens is 1. The van der Waals surface area contributed by atoms with Crippen LogP contribution >= 0.6 is 0 Å². The van der Waals surface area contributed by atoms with Gasteiger partial charge >= 0.3 is 0 Å². The largest absolute Gasteiger partial charge is 0.379 e. The molecule has 1 N–H and O–H groups in total. The first kappa shape index (κ1) is 19.5. The molecule has 1 heterocycles. The topological polar surface area (TPSA) is 75.7 Å². The summed E-state index contributed by atoms with van der Waals surface area (Å²) in [6.45, 7) is 0.901. The van der Waals surface area contributed by atoms with Crippen molar-refractivity contribution in [3.05, 3.63) is 59.9 Å². The maximum absolute atomic E-state index is 14.2. The van der Waals surface area contributed by atoms with Crippen LogP contribution in [0.2, 0.25) is 0 Å². The fraction of sp³-hybridized carbons (Fsp3) is 0.316. The predicted octanol–water partition coefficient (Wildman–Crippen LogP) is 2.42. The third-order valence-electron chi connectivity index (χ3n) is 4.29. The van der Waals surface area contributed by atoms with E-state index < -0.39 is 20.7 Å². The molecule has 2 aromatic rings. The number of carbonyl (C=O) groups is 1. The normalized spacial score (nSPS) is 15.4. The summed E-state index contributed by atoms with van der Waals surface area (Å²) < 4.78 is 45.9. The number of amides is 1. The first-order chi connectivity index (χ1) is 13.0. The maximum Gasteiger partial charge on any atom is 0.246 e. The summed E-state index contributed by atoms with van der Waals surface area (Å²) in [5, 5.41) is 2.64. The van der Waals surface area contributed by atoms with Gasteiger partial charge in [-0.05, 0) is 30.2 Å². The molecule has 1 aliphatic rings. The van der Waals surface area contributed by atoms with E-state index >= 15 is 0 Å². The summed E-state index contributed by atoms with van der Waals surface area (Å²) in [6, 6.07) is 13.1. The second kappa shape index (κ2) is 8.60. The van der Waals surface area contributed by atoms with Crippen LogP contribution in [0.4, 0.5) is 10.1 Å². The number of hydrogen-bond acceptors (Lipinski definition) is 4. The minimum atomic E-state index is -3.98. The Labute approximate surface area is 158 Å². The van der Waals surface area contributed by atoms with Crippen LogP contribution < -0.4 is 5.32 Å². The van der Waals surface area contributed by atoms with Crippen molar-refractivity contribution in [2.24, 2.45) is 0 Å². The van der Waals surface area contributed by atoms with Crippen molar-refractivity contribution < 1.29 is 22.3 Å². The molecule has 0 aliphatic carbocycles. The monoisotopic (exact) mass is 392 g/mol. The fourth-order valence-corrected chi connectivity index (χ4v) is 4.33. The molecule has 0 atom stereocenters. The van der Waals surface area contributed by atoms with E-state index in [1.165, 1.54) is 16.4 Å². The average Bonchev–Trinajstić information content (AvgIpc) is 2.69. The van der Waals surface area contributed by atoms with E-state index in [4.69, 9.17) is 4.74 Å². The van der Waals surface area contributed by atoms with E-state index in [0.717, 1.165) is 11.6 Å². The highest BCUT2D eigenvalue weighted by atomic mass is 32.2. The van der Waals surface area contributed by atoms with Gasteiger partial charge in [0.2, 0.25) is 15.9 Å². The van der Waals surface area contributed by atoms with Gasteiger partial charge in [0.15, 0.2) is 0 Å². The fourth-order valence-electron chi connectivity index (χ4n) is 2.83. The van der Waals surface area contributed by atoms with Crippen molar-refractivity contribution >= 4 is 21.6 Å². The molecule has 0 saturated carbocycles. The molecular weight excluding hydrogens is 371 g/mol. The van der Waals surface area contributed by atoms with Gasteiger partial charge < -0.3 is 10.1 Å². The van der Waals surface area contributed by atoms with E-state index in [9.17, 15) is 17.6 Å². The molecule has 27 heavy (non-hydrogen) atoms. The van der Waals surface area contributed by atoms with Crippen LogP contribution in [-0.2, 0) is 26.0 Å². The SMILES string of the molecule is O=C(CCc1ccccc1)Nc1ccc(F)c(S(=O)(=O)N2CCOCC2)c1. The Kier molecular flexibility index (Phi) is 6.20. The number of hydrogen-bond donors (Lipinski definition) is 1. The molecule has 1 amide bonds. The summed E-state index contributed by atoms with van der Waals surface area (Å²) in [4.78, 5) is 11.7. The van der Waals surface area contributed by atoms with Crippen molar-refractivity contribution in [3.63, 3.8) is 0 Å². The average molecular weight is 392 g/mol. The molecule has 2 aromatic carbocycles. The number of benzene rings is 2. The molecule has 3 rings (SSSR count). The molecule has 0 unspecified atom stereocenters. The van der Waals surface area contributed by atoms with Gasteiger partial charge in [-0.3, -0.25) is 4.79 Å². The second-order valence-corrected chi connectivity index (χ2v) is 8.10. The third kappa shape index (κ3) is 4.91. The number of nitrogens with one attached hydrogen (secondary N) is 1. The highest BCUT2D eigenvalue weighted by Gasteiger charge is 2.29. The first-order valence-corrected chi connectivity index (χ1v) is 10.1. The minimum absolute atomic E-state index is 0.176. The number of morpholine rings is 1. The lowest BCUT2D eigenvalue weighted by Crippen LogP contribution is -2.40. The van der Waals surface area contributed by atoms with E-state index in [1.54, 1.807) is 0 Å². The molecule has 144 valence electrons. The van der Waals surface area contributed by atoms with Gasteiger partial charge in [0.05, 0.1) is 13.2 Å². The van der Waals surface area contributed by atoms with Crippen LogP contribution in [0, 0.1) is 5.82 Å². The molecule has 1 aliphatic heterocycles. The zero-order valence-corrected chi connectivity index (χ0v) is 15.5. The molecule has 0 radical (unpaired) electrons. The first-order valence-electron chi connectivity index (χ1n) is 8.68. The van der Waals surface area contributed by atoms with Gasteiger partial charge in [0.1, 0.15) is 10.7 Å². The van der Waals surface area contributed by atoms with Crippen LogP contribution in [0.15, 0.2) is 53.4 Å². The van der Waals surface area contributed by atoms with Crippen molar-refractivity contribution in [1.29, 1.82) is 0 Å². The number of rotatable bonds is 6. The van der Waals surface area contributed by atoms with Gasteiger partial charge in [0.25, 0.3) is 0 Å². The van der Waals surface area contributed by atoms with Crippen molar-refractivity contribution in [2.45, 2.75) is 17.7 Å². The smallest absolute Gasteiger partial charge is 0.246 e. The van der Waals surface area contributed by atoms with Crippen LogP contribution in [0.5, 0.6) is 0 Å². The van der Waals surface area contributed by atoms with Crippen LogP contribution in [0.1, 0.15) is 12.0 Å². The molecule has 0 aromatic heterocycles. The summed E-state index contributed by atoms with van der Waals surface area (Å²) in [6.07, 6.45) is 0.805. The Bertz CT molecular complexity index is 897. The van der Waals surface area contributed by atoms with Gasteiger partial charge in [-0.2, -0.15) is 4.31 Å². The van der Waals surface area contributed by atoms with Crippen molar-refractivity contribution in [3.8, 4) is 0 Å². The number of ether oxygens (including phenoxy) is 1. The highest BCUT2D eigenvalue weighted by molar-refractivity contribution is 7.89. The lowest BCUT2D eigenvalue weighted by molar-refractivity contribution is -0.116. The lowest BCUT2D eigenvalue weighted by Gasteiger charge is -2.26. The summed E-state index contributed by atoms with van der Waals surface area (Å²) >= 11 is 0. The molecule has 0 bridgehead atoms. The molecule has 1 fully saturated rings. The number of sulfonamides is 1.